The Morgan fingerprint density at radius 3 is 2.79 bits per heavy atom. The van der Waals surface area contributed by atoms with Crippen LogP contribution in [0, 0.1) is 17.3 Å². The van der Waals surface area contributed by atoms with Gasteiger partial charge >= 0.3 is 0 Å². The maximum atomic E-state index is 3.59. The smallest absolute Gasteiger partial charge is 0.00999 e. The first kappa shape index (κ1) is 15.1. The number of hydrogen-bond acceptors (Lipinski definition) is 2. The monoisotopic (exact) mass is 279 g/mol. The number of rotatable bonds is 5. The molecule has 1 aliphatic rings. The molecule has 1 heterocycles. The molecule has 0 amide bonds. The Kier molecular flexibility index (Phi) is 5.08. The maximum absolute atomic E-state index is 3.59. The molecule has 3 atom stereocenters. The van der Waals surface area contributed by atoms with Crippen molar-refractivity contribution in [3.8, 4) is 0 Å². The van der Waals surface area contributed by atoms with E-state index in [1.807, 2.05) is 11.3 Å². The maximum Gasteiger partial charge on any atom is 0.00999 e. The molecular weight excluding hydrogens is 250 g/mol. The van der Waals surface area contributed by atoms with Crippen LogP contribution in [0.3, 0.4) is 0 Å². The van der Waals surface area contributed by atoms with E-state index in [9.17, 15) is 0 Å². The van der Waals surface area contributed by atoms with Gasteiger partial charge in [-0.3, -0.25) is 0 Å². The standard InChI is InChI=1S/C17H29NS/c1-13-5-6-15(16(11-13)18-4)17(2,3)9-7-14-8-10-19-12-14/h8,10,12-13,15-16,18H,5-7,9,11H2,1-4H3. The highest BCUT2D eigenvalue weighted by molar-refractivity contribution is 7.07. The number of hydrogen-bond donors (Lipinski definition) is 1. The summed E-state index contributed by atoms with van der Waals surface area (Å²) in [7, 11) is 2.14. The van der Waals surface area contributed by atoms with E-state index in [0.29, 0.717) is 11.5 Å². The summed E-state index contributed by atoms with van der Waals surface area (Å²) in [6.45, 7) is 7.35. The Labute approximate surface area is 122 Å². The Balaban J connectivity index is 1.96. The summed E-state index contributed by atoms with van der Waals surface area (Å²) in [6.07, 6.45) is 6.69. The van der Waals surface area contributed by atoms with Crippen molar-refractivity contribution in [1.82, 2.24) is 5.32 Å². The molecule has 0 radical (unpaired) electrons. The molecule has 1 nitrogen and oxygen atoms in total. The van der Waals surface area contributed by atoms with Crippen molar-refractivity contribution in [3.63, 3.8) is 0 Å². The van der Waals surface area contributed by atoms with Crippen LogP contribution < -0.4 is 5.32 Å². The SMILES string of the molecule is CNC1CC(C)CCC1C(C)(C)CCc1ccsc1. The normalized spacial score (nSPS) is 28.5. The summed E-state index contributed by atoms with van der Waals surface area (Å²) in [6, 6.07) is 2.99. The summed E-state index contributed by atoms with van der Waals surface area (Å²) in [5, 5.41) is 8.08. The van der Waals surface area contributed by atoms with Crippen molar-refractivity contribution < 1.29 is 0 Å². The molecule has 0 spiro atoms. The molecule has 108 valence electrons. The first-order valence-electron chi connectivity index (χ1n) is 7.71. The van der Waals surface area contributed by atoms with Crippen LogP contribution in [0.5, 0.6) is 0 Å². The molecule has 0 saturated heterocycles. The van der Waals surface area contributed by atoms with Gasteiger partial charge in [0.1, 0.15) is 0 Å². The summed E-state index contributed by atoms with van der Waals surface area (Å²) in [5.74, 6) is 1.72. The topological polar surface area (TPSA) is 12.0 Å². The first-order valence-corrected chi connectivity index (χ1v) is 8.65. The van der Waals surface area contributed by atoms with E-state index in [1.54, 1.807) is 0 Å². The lowest BCUT2D eigenvalue weighted by Crippen LogP contribution is -2.45. The highest BCUT2D eigenvalue weighted by atomic mass is 32.1. The van der Waals surface area contributed by atoms with Crippen molar-refractivity contribution in [2.45, 2.75) is 58.9 Å². The van der Waals surface area contributed by atoms with Crippen molar-refractivity contribution in [2.24, 2.45) is 17.3 Å². The summed E-state index contributed by atoms with van der Waals surface area (Å²) >= 11 is 1.82. The zero-order valence-corrected chi connectivity index (χ0v) is 13.7. The average molecular weight is 279 g/mol. The second-order valence-electron chi connectivity index (χ2n) is 7.04. The van der Waals surface area contributed by atoms with Gasteiger partial charge in [0.15, 0.2) is 0 Å². The zero-order chi connectivity index (χ0) is 13.9. The number of nitrogens with one attached hydrogen (secondary N) is 1. The predicted octanol–water partition coefficient (Wildman–Crippen LogP) is 4.73. The van der Waals surface area contributed by atoms with Gasteiger partial charge in [-0.15, -0.1) is 0 Å². The second kappa shape index (κ2) is 6.41. The van der Waals surface area contributed by atoms with E-state index < -0.39 is 0 Å². The average Bonchev–Trinajstić information content (AvgIpc) is 2.89. The molecule has 2 rings (SSSR count). The lowest BCUT2D eigenvalue weighted by Gasteiger charge is -2.44. The van der Waals surface area contributed by atoms with E-state index >= 15 is 0 Å². The fraction of sp³-hybridized carbons (Fsp3) is 0.765. The lowest BCUT2D eigenvalue weighted by molar-refractivity contribution is 0.0907. The molecule has 0 aromatic carbocycles. The molecule has 19 heavy (non-hydrogen) atoms. The second-order valence-corrected chi connectivity index (χ2v) is 7.82. The molecule has 1 aromatic heterocycles. The van der Waals surface area contributed by atoms with Crippen LogP contribution in [0.1, 0.15) is 52.0 Å². The highest BCUT2D eigenvalue weighted by Gasteiger charge is 2.37. The van der Waals surface area contributed by atoms with Crippen LogP contribution in [0.4, 0.5) is 0 Å². The fourth-order valence-corrected chi connectivity index (χ4v) is 4.43. The van der Waals surface area contributed by atoms with Crippen molar-refractivity contribution in [2.75, 3.05) is 7.05 Å². The van der Waals surface area contributed by atoms with Gasteiger partial charge in [-0.2, -0.15) is 11.3 Å². The van der Waals surface area contributed by atoms with Crippen LogP contribution in [0.25, 0.3) is 0 Å². The molecule has 3 unspecified atom stereocenters. The van der Waals surface area contributed by atoms with Crippen molar-refractivity contribution in [3.05, 3.63) is 22.4 Å². The van der Waals surface area contributed by atoms with Gasteiger partial charge in [0.05, 0.1) is 0 Å². The van der Waals surface area contributed by atoms with Crippen LogP contribution in [-0.2, 0) is 6.42 Å². The molecule has 1 fully saturated rings. The van der Waals surface area contributed by atoms with E-state index in [1.165, 1.54) is 37.7 Å². The minimum atomic E-state index is 0.440. The highest BCUT2D eigenvalue weighted by Crippen LogP contribution is 2.42. The van der Waals surface area contributed by atoms with Crippen molar-refractivity contribution in [1.29, 1.82) is 0 Å². The van der Waals surface area contributed by atoms with Crippen molar-refractivity contribution >= 4 is 11.3 Å². The summed E-state index contributed by atoms with van der Waals surface area (Å²) in [4.78, 5) is 0. The molecule has 1 aliphatic carbocycles. The third kappa shape index (κ3) is 3.82. The van der Waals surface area contributed by atoms with Crippen LogP contribution in [0.2, 0.25) is 0 Å². The molecule has 0 aliphatic heterocycles. The van der Waals surface area contributed by atoms with E-state index in [-0.39, 0.29) is 0 Å². The Hall–Kier alpha value is -0.340. The van der Waals surface area contributed by atoms with Crippen LogP contribution in [0.15, 0.2) is 16.8 Å². The van der Waals surface area contributed by atoms with Crippen LogP contribution in [-0.4, -0.2) is 13.1 Å². The molecule has 1 N–H and O–H groups in total. The van der Waals surface area contributed by atoms with E-state index in [4.69, 9.17) is 0 Å². The van der Waals surface area contributed by atoms with Gasteiger partial charge in [0, 0.05) is 6.04 Å². The van der Waals surface area contributed by atoms with Gasteiger partial charge in [0.2, 0.25) is 0 Å². The third-order valence-corrected chi connectivity index (χ3v) is 5.86. The minimum absolute atomic E-state index is 0.440. The Morgan fingerprint density at radius 1 is 1.37 bits per heavy atom. The third-order valence-electron chi connectivity index (χ3n) is 5.13. The quantitative estimate of drug-likeness (QED) is 0.821. The minimum Gasteiger partial charge on any atom is -0.317 e. The van der Waals surface area contributed by atoms with E-state index in [2.05, 4.69) is 50.0 Å². The first-order chi connectivity index (χ1) is 9.03. The van der Waals surface area contributed by atoms with Gasteiger partial charge in [0.25, 0.3) is 0 Å². The predicted molar refractivity (Wildman–Crippen MR) is 85.8 cm³/mol. The molecule has 2 heteroatoms. The van der Waals surface area contributed by atoms with Gasteiger partial charge in [-0.25, -0.2) is 0 Å². The molecular formula is C17H29NS. The van der Waals surface area contributed by atoms with Gasteiger partial charge in [-0.1, -0.05) is 27.2 Å². The summed E-state index contributed by atoms with van der Waals surface area (Å²) < 4.78 is 0. The fourth-order valence-electron chi connectivity index (χ4n) is 3.72. The Morgan fingerprint density at radius 2 is 2.16 bits per heavy atom. The molecule has 1 aromatic rings. The largest absolute Gasteiger partial charge is 0.317 e. The summed E-state index contributed by atoms with van der Waals surface area (Å²) in [5.41, 5.74) is 1.96. The van der Waals surface area contributed by atoms with Gasteiger partial charge in [-0.05, 0) is 72.4 Å². The lowest BCUT2D eigenvalue weighted by atomic mass is 9.64. The number of thiophene rings is 1. The zero-order valence-electron chi connectivity index (χ0n) is 12.9. The van der Waals surface area contributed by atoms with Gasteiger partial charge < -0.3 is 5.32 Å². The van der Waals surface area contributed by atoms with Crippen LogP contribution >= 0.6 is 11.3 Å². The molecule has 1 saturated carbocycles. The molecule has 0 bridgehead atoms. The Bertz CT molecular complexity index is 369. The van der Waals surface area contributed by atoms with E-state index in [0.717, 1.165) is 11.8 Å². The number of aryl methyl sites for hydroxylation is 1.